The summed E-state index contributed by atoms with van der Waals surface area (Å²) in [7, 11) is 1.32. The molecule has 1 saturated carbocycles. The summed E-state index contributed by atoms with van der Waals surface area (Å²) >= 11 is 1.24. The predicted molar refractivity (Wildman–Crippen MR) is 84.5 cm³/mol. The zero-order valence-electron chi connectivity index (χ0n) is 12.3. The smallest absolute Gasteiger partial charge is 0.343 e. The maximum atomic E-state index is 11.9. The summed E-state index contributed by atoms with van der Waals surface area (Å²) in [4.78, 5) is 12.3. The molecule has 1 aromatic rings. The summed E-state index contributed by atoms with van der Waals surface area (Å²) in [6.45, 7) is 0. The van der Waals surface area contributed by atoms with Gasteiger partial charge >= 0.3 is 5.97 Å². The first-order chi connectivity index (χ1) is 10.2. The van der Waals surface area contributed by atoms with E-state index < -0.39 is 5.97 Å². The van der Waals surface area contributed by atoms with Crippen LogP contribution in [0.5, 0.6) is 0 Å². The molecule has 0 radical (unpaired) electrons. The summed E-state index contributed by atoms with van der Waals surface area (Å²) in [5.41, 5.74) is 6.43. The van der Waals surface area contributed by atoms with Crippen LogP contribution in [0.3, 0.4) is 0 Å². The van der Waals surface area contributed by atoms with Crippen molar-refractivity contribution in [2.24, 2.45) is 0 Å². The van der Waals surface area contributed by atoms with E-state index in [9.17, 15) is 4.79 Å². The highest BCUT2D eigenvalue weighted by Gasteiger charge is 2.24. The van der Waals surface area contributed by atoms with Gasteiger partial charge in [0, 0.05) is 6.04 Å². The van der Waals surface area contributed by atoms with E-state index in [4.69, 9.17) is 15.7 Å². The highest BCUT2D eigenvalue weighted by Crippen LogP contribution is 2.37. The van der Waals surface area contributed by atoms with Crippen LogP contribution in [0.1, 0.15) is 60.2 Å². The fourth-order valence-electron chi connectivity index (χ4n) is 2.72. The largest absolute Gasteiger partial charge is 0.465 e. The van der Waals surface area contributed by atoms with E-state index in [-0.39, 0.29) is 5.69 Å². The average Bonchev–Trinajstić information content (AvgIpc) is 2.77. The zero-order valence-corrected chi connectivity index (χ0v) is 13.1. The van der Waals surface area contributed by atoms with Crippen LogP contribution in [0, 0.1) is 11.3 Å². The maximum absolute atomic E-state index is 11.9. The minimum absolute atomic E-state index is 0.225. The molecular weight excluding hydrogens is 286 g/mol. The molecule has 1 aliphatic carbocycles. The normalized spacial score (nSPS) is 16.6. The van der Waals surface area contributed by atoms with E-state index >= 15 is 0 Å². The topological polar surface area (TPSA) is 88.1 Å². The number of ether oxygens (including phenoxy) is 1. The monoisotopic (exact) mass is 307 g/mol. The lowest BCUT2D eigenvalue weighted by molar-refractivity contribution is 0.0603. The number of methoxy groups -OCH3 is 1. The third-order valence-corrected chi connectivity index (χ3v) is 4.92. The summed E-state index contributed by atoms with van der Waals surface area (Å²) < 4.78 is 4.79. The first kappa shape index (κ1) is 15.6. The Bertz CT molecular complexity index is 540. The molecule has 1 aromatic heterocycles. The molecule has 0 atom stereocenters. The number of thiophene rings is 1. The van der Waals surface area contributed by atoms with Gasteiger partial charge in [0.2, 0.25) is 0 Å². The molecule has 21 heavy (non-hydrogen) atoms. The number of nitrogens with zero attached hydrogens (tertiary/aromatic N) is 1. The predicted octanol–water partition coefficient (Wildman–Crippen LogP) is 3.51. The van der Waals surface area contributed by atoms with E-state index in [1.165, 1.54) is 50.6 Å². The van der Waals surface area contributed by atoms with Crippen molar-refractivity contribution >= 4 is 28.0 Å². The third kappa shape index (κ3) is 3.67. The van der Waals surface area contributed by atoms with Crippen LogP contribution in [-0.2, 0) is 4.74 Å². The first-order valence-corrected chi connectivity index (χ1v) is 8.16. The lowest BCUT2D eigenvalue weighted by Gasteiger charge is -2.21. The Kier molecular flexibility index (Phi) is 5.45. The molecule has 0 amide bonds. The molecule has 0 aliphatic heterocycles. The molecular formula is C15H21N3O2S. The SMILES string of the molecule is COC(=O)c1c(NC2CCCCCCC2)sc(C#N)c1N. The molecule has 114 valence electrons. The van der Waals surface area contributed by atoms with Crippen molar-refractivity contribution in [3.05, 3.63) is 10.4 Å². The van der Waals surface area contributed by atoms with E-state index in [0.717, 1.165) is 12.8 Å². The summed E-state index contributed by atoms with van der Waals surface area (Å²) in [5.74, 6) is -0.487. The van der Waals surface area contributed by atoms with Gasteiger partial charge < -0.3 is 15.8 Å². The maximum Gasteiger partial charge on any atom is 0.343 e. The molecule has 0 spiro atoms. The van der Waals surface area contributed by atoms with Crippen LogP contribution in [0.2, 0.25) is 0 Å². The van der Waals surface area contributed by atoms with Crippen LogP contribution in [0.15, 0.2) is 0 Å². The Hall–Kier alpha value is -1.74. The van der Waals surface area contributed by atoms with Gasteiger partial charge in [-0.15, -0.1) is 11.3 Å². The Morgan fingerprint density at radius 2 is 1.95 bits per heavy atom. The van der Waals surface area contributed by atoms with Crippen LogP contribution in [0.25, 0.3) is 0 Å². The molecule has 1 fully saturated rings. The Balaban J connectivity index is 2.21. The Morgan fingerprint density at radius 3 is 2.52 bits per heavy atom. The minimum Gasteiger partial charge on any atom is -0.465 e. The highest BCUT2D eigenvalue weighted by atomic mass is 32.1. The molecule has 0 unspecified atom stereocenters. The number of esters is 1. The number of nitrogen functional groups attached to an aromatic ring is 1. The molecule has 6 heteroatoms. The van der Waals surface area contributed by atoms with Gasteiger partial charge in [-0.3, -0.25) is 0 Å². The van der Waals surface area contributed by atoms with Gasteiger partial charge in [0.05, 0.1) is 12.8 Å². The van der Waals surface area contributed by atoms with Gasteiger partial charge in [-0.25, -0.2) is 4.79 Å². The molecule has 0 saturated heterocycles. The van der Waals surface area contributed by atoms with E-state index in [0.29, 0.717) is 21.5 Å². The standard InChI is InChI=1S/C15H21N3O2S/c1-20-15(19)12-13(17)11(9-16)21-14(12)18-10-7-5-3-2-4-6-8-10/h10,18H,2-8,17H2,1H3. The number of nitrogens with two attached hydrogens (primary N) is 1. The number of carbonyl (C=O) groups excluding carboxylic acids is 1. The summed E-state index contributed by atoms with van der Waals surface area (Å²) in [5, 5.41) is 13.2. The number of hydrogen-bond acceptors (Lipinski definition) is 6. The van der Waals surface area contributed by atoms with E-state index in [1.54, 1.807) is 0 Å². The second-order valence-corrected chi connectivity index (χ2v) is 6.36. The van der Waals surface area contributed by atoms with Crippen molar-refractivity contribution in [3.8, 4) is 6.07 Å². The quantitative estimate of drug-likeness (QED) is 0.834. The second kappa shape index (κ2) is 7.32. The average molecular weight is 307 g/mol. The van der Waals surface area contributed by atoms with Gasteiger partial charge in [0.15, 0.2) is 0 Å². The van der Waals surface area contributed by atoms with Crippen LogP contribution >= 0.6 is 11.3 Å². The number of rotatable bonds is 3. The first-order valence-electron chi connectivity index (χ1n) is 7.34. The fourth-order valence-corrected chi connectivity index (χ4v) is 3.70. The van der Waals surface area contributed by atoms with Crippen LogP contribution in [-0.4, -0.2) is 19.1 Å². The van der Waals surface area contributed by atoms with Crippen molar-refractivity contribution in [1.29, 1.82) is 5.26 Å². The lowest BCUT2D eigenvalue weighted by atomic mass is 9.97. The molecule has 0 aromatic carbocycles. The van der Waals surface area contributed by atoms with Crippen molar-refractivity contribution in [2.75, 3.05) is 18.2 Å². The van der Waals surface area contributed by atoms with Crippen molar-refractivity contribution < 1.29 is 9.53 Å². The number of nitrogens with one attached hydrogen (secondary N) is 1. The Labute approximate surface area is 129 Å². The molecule has 0 bridgehead atoms. The Morgan fingerprint density at radius 1 is 1.33 bits per heavy atom. The summed E-state index contributed by atoms with van der Waals surface area (Å²) in [6.07, 6.45) is 8.38. The fraction of sp³-hybridized carbons (Fsp3) is 0.600. The summed E-state index contributed by atoms with van der Waals surface area (Å²) in [6, 6.07) is 2.37. The number of anilines is 2. The van der Waals surface area contributed by atoms with Gasteiger partial charge in [-0.05, 0) is 12.8 Å². The van der Waals surface area contributed by atoms with Gasteiger partial charge in [0.1, 0.15) is 21.5 Å². The number of nitriles is 1. The number of carbonyl (C=O) groups is 1. The van der Waals surface area contributed by atoms with Gasteiger partial charge in [-0.1, -0.05) is 32.1 Å². The van der Waals surface area contributed by atoms with Crippen LogP contribution < -0.4 is 11.1 Å². The lowest BCUT2D eigenvalue weighted by Crippen LogP contribution is -2.21. The molecule has 2 rings (SSSR count). The van der Waals surface area contributed by atoms with Crippen molar-refractivity contribution in [3.63, 3.8) is 0 Å². The third-order valence-electron chi connectivity index (χ3n) is 3.88. The molecule has 5 nitrogen and oxygen atoms in total. The molecule has 1 heterocycles. The van der Waals surface area contributed by atoms with Crippen molar-refractivity contribution in [2.45, 2.75) is 51.0 Å². The molecule has 1 aliphatic rings. The van der Waals surface area contributed by atoms with Gasteiger partial charge in [0.25, 0.3) is 0 Å². The van der Waals surface area contributed by atoms with Crippen molar-refractivity contribution in [1.82, 2.24) is 0 Å². The van der Waals surface area contributed by atoms with E-state index in [2.05, 4.69) is 5.32 Å². The van der Waals surface area contributed by atoms with Crippen LogP contribution in [0.4, 0.5) is 10.7 Å². The van der Waals surface area contributed by atoms with E-state index in [1.807, 2.05) is 6.07 Å². The minimum atomic E-state index is -0.487. The molecule has 3 N–H and O–H groups in total. The van der Waals surface area contributed by atoms with Gasteiger partial charge in [-0.2, -0.15) is 5.26 Å². The highest BCUT2D eigenvalue weighted by molar-refractivity contribution is 7.17. The second-order valence-electron chi connectivity index (χ2n) is 5.34. The zero-order chi connectivity index (χ0) is 15.2. The number of hydrogen-bond donors (Lipinski definition) is 2.